The standard InChI is InChI=1S/C29H42N2O6/c1-3-10-24(21-26(33)30-16-18-36-19-17-32)27(34)31-29(14-8-9-15-29)22-37-28(35)25(11-4-2)20-23-12-6-5-7-13-23/h3-7,12-13,24-25,32H,1-2,8-11,14-22H2,(H,30,33)(H,31,34)/t24-,25+/m0/s1. The Bertz CT molecular complexity index is 866. The Balaban J connectivity index is 1.95. The van der Waals surface area contributed by atoms with Crippen LogP contribution >= 0.6 is 0 Å². The topological polar surface area (TPSA) is 114 Å². The van der Waals surface area contributed by atoms with Gasteiger partial charge in [-0.3, -0.25) is 14.4 Å². The van der Waals surface area contributed by atoms with Gasteiger partial charge in [0.1, 0.15) is 6.61 Å². The summed E-state index contributed by atoms with van der Waals surface area (Å²) in [5.74, 6) is -1.70. The van der Waals surface area contributed by atoms with Gasteiger partial charge in [-0.15, -0.1) is 13.2 Å². The van der Waals surface area contributed by atoms with Crippen LogP contribution in [-0.2, 0) is 30.3 Å². The van der Waals surface area contributed by atoms with Gasteiger partial charge in [-0.2, -0.15) is 0 Å². The van der Waals surface area contributed by atoms with E-state index in [0.29, 0.717) is 38.6 Å². The van der Waals surface area contributed by atoms with E-state index in [9.17, 15) is 14.4 Å². The zero-order valence-electron chi connectivity index (χ0n) is 21.8. The number of esters is 1. The second kappa shape index (κ2) is 16.7. The zero-order valence-corrected chi connectivity index (χ0v) is 21.8. The molecule has 0 heterocycles. The van der Waals surface area contributed by atoms with Gasteiger partial charge in [0.15, 0.2) is 0 Å². The van der Waals surface area contributed by atoms with Crippen LogP contribution in [0.25, 0.3) is 0 Å². The zero-order chi connectivity index (χ0) is 26.9. The van der Waals surface area contributed by atoms with Gasteiger partial charge in [0.25, 0.3) is 0 Å². The number of rotatable bonds is 18. The van der Waals surface area contributed by atoms with Crippen molar-refractivity contribution in [2.24, 2.45) is 11.8 Å². The van der Waals surface area contributed by atoms with Crippen LogP contribution in [0.2, 0.25) is 0 Å². The molecule has 1 saturated carbocycles. The highest BCUT2D eigenvalue weighted by molar-refractivity contribution is 5.86. The number of nitrogens with one attached hydrogen (secondary N) is 2. The SMILES string of the molecule is C=CC[C@@H](CC(=O)NCCOCCO)C(=O)NC1(COC(=O)[C@H](CC=C)Cc2ccccc2)CCCC1. The average molecular weight is 515 g/mol. The Morgan fingerprint density at radius 2 is 1.70 bits per heavy atom. The molecule has 2 rings (SSSR count). The molecular formula is C29H42N2O6. The molecule has 1 aromatic rings. The van der Waals surface area contributed by atoms with Crippen molar-refractivity contribution in [2.45, 2.75) is 56.9 Å². The molecule has 0 saturated heterocycles. The molecule has 1 aromatic carbocycles. The van der Waals surface area contributed by atoms with E-state index in [1.165, 1.54) is 0 Å². The largest absolute Gasteiger partial charge is 0.463 e. The van der Waals surface area contributed by atoms with Crippen molar-refractivity contribution in [3.63, 3.8) is 0 Å². The molecule has 1 aliphatic rings. The van der Waals surface area contributed by atoms with Crippen LogP contribution in [-0.4, -0.2) is 61.4 Å². The van der Waals surface area contributed by atoms with Crippen molar-refractivity contribution < 1.29 is 29.0 Å². The smallest absolute Gasteiger partial charge is 0.309 e. The summed E-state index contributed by atoms with van der Waals surface area (Å²) >= 11 is 0. The van der Waals surface area contributed by atoms with E-state index >= 15 is 0 Å². The summed E-state index contributed by atoms with van der Waals surface area (Å²) in [6, 6.07) is 9.80. The monoisotopic (exact) mass is 514 g/mol. The molecule has 37 heavy (non-hydrogen) atoms. The van der Waals surface area contributed by atoms with Crippen molar-refractivity contribution in [3.8, 4) is 0 Å². The predicted molar refractivity (Wildman–Crippen MR) is 143 cm³/mol. The molecule has 1 fully saturated rings. The van der Waals surface area contributed by atoms with Crippen LogP contribution in [0.15, 0.2) is 55.6 Å². The van der Waals surface area contributed by atoms with Gasteiger partial charge in [-0.1, -0.05) is 55.3 Å². The minimum Gasteiger partial charge on any atom is -0.463 e. The Labute approximate surface area is 220 Å². The Kier molecular flexibility index (Phi) is 13.7. The van der Waals surface area contributed by atoms with E-state index in [1.807, 2.05) is 30.3 Å². The number of carbonyl (C=O) groups excluding carboxylic acids is 3. The Morgan fingerprint density at radius 1 is 1.03 bits per heavy atom. The number of carbonyl (C=O) groups is 3. The second-order valence-electron chi connectivity index (χ2n) is 9.61. The summed E-state index contributed by atoms with van der Waals surface area (Å²) in [6.07, 6.45) is 8.09. The van der Waals surface area contributed by atoms with Gasteiger partial charge in [0, 0.05) is 13.0 Å². The van der Waals surface area contributed by atoms with Gasteiger partial charge in [0.2, 0.25) is 11.8 Å². The van der Waals surface area contributed by atoms with Crippen molar-refractivity contribution in [3.05, 3.63) is 61.2 Å². The first-order chi connectivity index (χ1) is 17.9. The van der Waals surface area contributed by atoms with E-state index in [1.54, 1.807) is 12.2 Å². The molecule has 0 radical (unpaired) electrons. The van der Waals surface area contributed by atoms with Crippen LogP contribution in [0.5, 0.6) is 0 Å². The number of aliphatic hydroxyl groups excluding tert-OH is 1. The maximum Gasteiger partial charge on any atom is 0.309 e. The summed E-state index contributed by atoms with van der Waals surface area (Å²) in [4.78, 5) is 38.6. The molecule has 2 amide bonds. The Morgan fingerprint density at radius 3 is 2.35 bits per heavy atom. The highest BCUT2D eigenvalue weighted by Gasteiger charge is 2.39. The number of ether oxygens (including phenoxy) is 2. The second-order valence-corrected chi connectivity index (χ2v) is 9.61. The molecule has 8 nitrogen and oxygen atoms in total. The van der Waals surface area contributed by atoms with E-state index in [4.69, 9.17) is 14.6 Å². The summed E-state index contributed by atoms with van der Waals surface area (Å²) in [6.45, 7) is 8.35. The molecule has 1 aliphatic carbocycles. The normalized spacial score (nSPS) is 15.8. The molecule has 8 heteroatoms. The minimum atomic E-state index is -0.633. The third kappa shape index (κ3) is 10.9. The van der Waals surface area contributed by atoms with E-state index < -0.39 is 11.5 Å². The summed E-state index contributed by atoms with van der Waals surface area (Å²) in [5.41, 5.74) is 0.424. The third-order valence-corrected chi connectivity index (χ3v) is 6.61. The maximum atomic E-state index is 13.2. The maximum absolute atomic E-state index is 13.2. The van der Waals surface area contributed by atoms with Crippen LogP contribution in [0.4, 0.5) is 0 Å². The molecule has 2 atom stereocenters. The molecule has 3 N–H and O–H groups in total. The predicted octanol–water partition coefficient (Wildman–Crippen LogP) is 3.10. The fourth-order valence-corrected chi connectivity index (χ4v) is 4.62. The summed E-state index contributed by atoms with van der Waals surface area (Å²) < 4.78 is 10.9. The first-order valence-corrected chi connectivity index (χ1v) is 13.1. The minimum absolute atomic E-state index is 0.0200. The number of hydrogen-bond acceptors (Lipinski definition) is 6. The van der Waals surface area contributed by atoms with Crippen molar-refractivity contribution in [2.75, 3.05) is 33.0 Å². The first kappa shape index (κ1) is 30.3. The van der Waals surface area contributed by atoms with E-state index in [-0.39, 0.29) is 56.5 Å². The first-order valence-electron chi connectivity index (χ1n) is 13.1. The van der Waals surface area contributed by atoms with E-state index in [0.717, 1.165) is 18.4 Å². The quantitative estimate of drug-likeness (QED) is 0.158. The number of benzene rings is 1. The lowest BCUT2D eigenvalue weighted by Gasteiger charge is -2.32. The van der Waals surface area contributed by atoms with Gasteiger partial charge < -0.3 is 25.2 Å². The van der Waals surface area contributed by atoms with Crippen molar-refractivity contribution >= 4 is 17.8 Å². The molecule has 0 unspecified atom stereocenters. The average Bonchev–Trinajstić information content (AvgIpc) is 3.35. The molecule has 0 aromatic heterocycles. The van der Waals surface area contributed by atoms with Crippen LogP contribution < -0.4 is 10.6 Å². The number of hydrogen-bond donors (Lipinski definition) is 3. The lowest BCUT2D eigenvalue weighted by Crippen LogP contribution is -2.52. The number of allylic oxidation sites excluding steroid dienone is 2. The lowest BCUT2D eigenvalue weighted by molar-refractivity contribution is -0.151. The van der Waals surface area contributed by atoms with Gasteiger partial charge in [-0.25, -0.2) is 0 Å². The third-order valence-electron chi connectivity index (χ3n) is 6.61. The molecule has 0 bridgehead atoms. The number of amides is 2. The van der Waals surface area contributed by atoms with Crippen LogP contribution in [0.3, 0.4) is 0 Å². The fraction of sp³-hybridized carbons (Fsp3) is 0.552. The Hall–Kier alpha value is -2.97. The van der Waals surface area contributed by atoms with Crippen LogP contribution in [0.1, 0.15) is 50.5 Å². The molecular weight excluding hydrogens is 472 g/mol. The van der Waals surface area contributed by atoms with Crippen molar-refractivity contribution in [1.29, 1.82) is 0 Å². The highest BCUT2D eigenvalue weighted by Crippen LogP contribution is 2.31. The molecule has 0 aliphatic heterocycles. The van der Waals surface area contributed by atoms with E-state index in [2.05, 4.69) is 23.8 Å². The number of aliphatic hydroxyl groups is 1. The van der Waals surface area contributed by atoms with Gasteiger partial charge in [-0.05, 0) is 37.7 Å². The summed E-state index contributed by atoms with van der Waals surface area (Å²) in [7, 11) is 0. The van der Waals surface area contributed by atoms with Crippen molar-refractivity contribution in [1.82, 2.24) is 10.6 Å². The lowest BCUT2D eigenvalue weighted by atomic mass is 9.93. The van der Waals surface area contributed by atoms with Crippen LogP contribution in [0, 0.1) is 11.8 Å². The summed E-state index contributed by atoms with van der Waals surface area (Å²) in [5, 5.41) is 14.6. The molecule has 204 valence electrons. The van der Waals surface area contributed by atoms with Gasteiger partial charge >= 0.3 is 5.97 Å². The fourth-order valence-electron chi connectivity index (χ4n) is 4.62. The highest BCUT2D eigenvalue weighted by atomic mass is 16.5. The van der Waals surface area contributed by atoms with Gasteiger partial charge in [0.05, 0.1) is 37.2 Å². The molecule has 0 spiro atoms.